The fraction of sp³-hybridized carbons (Fsp3) is 0.611. The van der Waals surface area contributed by atoms with E-state index in [1.165, 1.54) is 0 Å². The lowest BCUT2D eigenvalue weighted by Gasteiger charge is -2.39. The van der Waals surface area contributed by atoms with E-state index in [4.69, 9.17) is 4.74 Å². The Morgan fingerprint density at radius 2 is 2.12 bits per heavy atom. The Balaban J connectivity index is 2.16. The molecule has 0 saturated carbocycles. The van der Waals surface area contributed by atoms with Crippen LogP contribution in [-0.4, -0.2) is 68.2 Å². The van der Waals surface area contributed by atoms with E-state index in [-0.39, 0.29) is 12.3 Å². The van der Waals surface area contributed by atoms with Gasteiger partial charge in [-0.3, -0.25) is 4.99 Å². The van der Waals surface area contributed by atoms with Crippen LogP contribution in [0.3, 0.4) is 0 Å². The van der Waals surface area contributed by atoms with Crippen LogP contribution >= 0.6 is 0 Å². The van der Waals surface area contributed by atoms with Crippen molar-refractivity contribution in [2.45, 2.75) is 31.6 Å². The average molecular weight is 384 g/mol. The molecule has 1 unspecified atom stereocenters. The Labute approximate surface area is 156 Å². The minimum Gasteiger partial charge on any atom is -0.496 e. The molecular weight excluding hydrogens is 354 g/mol. The zero-order valence-electron chi connectivity index (χ0n) is 15.9. The molecule has 1 saturated heterocycles. The molecule has 1 heterocycles. The number of aliphatic imine (C=N–C) groups is 1. The van der Waals surface area contributed by atoms with Crippen molar-refractivity contribution in [1.82, 2.24) is 10.2 Å². The fourth-order valence-electron chi connectivity index (χ4n) is 2.96. The summed E-state index contributed by atoms with van der Waals surface area (Å²) < 4.78 is 28.9. The number of hydrogen-bond donors (Lipinski definition) is 2. The van der Waals surface area contributed by atoms with Gasteiger partial charge in [-0.25, -0.2) is 8.42 Å². The standard InChI is InChI=1S/C18H29N3O4S/c1-5-19-17(21-10-11-26(23,24)18(2,3)13-21)20-12-15(22)14-8-6-7-9-16(14)25-4/h6-9,15,22H,5,10-13H2,1-4H3,(H,19,20). The molecule has 8 heteroatoms. The number of methoxy groups -OCH3 is 1. The lowest BCUT2D eigenvalue weighted by molar-refractivity contribution is 0.182. The molecule has 146 valence electrons. The van der Waals surface area contributed by atoms with Gasteiger partial charge < -0.3 is 20.1 Å². The first-order chi connectivity index (χ1) is 12.2. The second-order valence-electron chi connectivity index (χ2n) is 6.95. The smallest absolute Gasteiger partial charge is 0.194 e. The van der Waals surface area contributed by atoms with Gasteiger partial charge in [-0.05, 0) is 26.8 Å². The number of guanidine groups is 1. The number of aliphatic hydroxyl groups excluding tert-OH is 1. The predicted octanol–water partition coefficient (Wildman–Crippen LogP) is 1.20. The minimum absolute atomic E-state index is 0.0967. The summed E-state index contributed by atoms with van der Waals surface area (Å²) in [7, 11) is -1.55. The molecule has 1 atom stereocenters. The summed E-state index contributed by atoms with van der Waals surface area (Å²) >= 11 is 0. The summed E-state index contributed by atoms with van der Waals surface area (Å²) in [5.41, 5.74) is 0.677. The number of rotatable bonds is 5. The Bertz CT molecular complexity index is 747. The monoisotopic (exact) mass is 383 g/mol. The van der Waals surface area contributed by atoms with Crippen molar-refractivity contribution in [1.29, 1.82) is 0 Å². The molecule has 2 N–H and O–H groups in total. The molecule has 1 aromatic carbocycles. The molecule has 1 aromatic rings. The van der Waals surface area contributed by atoms with E-state index in [1.54, 1.807) is 27.0 Å². The Morgan fingerprint density at radius 1 is 1.42 bits per heavy atom. The minimum atomic E-state index is -3.12. The average Bonchev–Trinajstić information content (AvgIpc) is 2.60. The van der Waals surface area contributed by atoms with Gasteiger partial charge in [0.05, 0.1) is 24.2 Å². The van der Waals surface area contributed by atoms with Crippen molar-refractivity contribution in [2.24, 2.45) is 4.99 Å². The van der Waals surface area contributed by atoms with Crippen LogP contribution in [0.2, 0.25) is 0 Å². The lowest BCUT2D eigenvalue weighted by Crippen LogP contribution is -2.57. The summed E-state index contributed by atoms with van der Waals surface area (Å²) in [4.78, 5) is 6.48. The molecule has 1 aliphatic rings. The number of nitrogens with one attached hydrogen (secondary N) is 1. The third kappa shape index (κ3) is 4.48. The molecule has 0 aliphatic carbocycles. The Hall–Kier alpha value is -1.80. The van der Waals surface area contributed by atoms with Crippen LogP contribution in [0.15, 0.2) is 29.3 Å². The van der Waals surface area contributed by atoms with Gasteiger partial charge in [0.1, 0.15) is 11.9 Å². The fourth-order valence-corrected chi connectivity index (χ4v) is 4.33. The normalized spacial score (nSPS) is 20.5. The zero-order chi connectivity index (χ0) is 19.4. The van der Waals surface area contributed by atoms with Crippen LogP contribution in [0, 0.1) is 0 Å². The highest BCUT2D eigenvalue weighted by molar-refractivity contribution is 7.92. The molecule has 0 aromatic heterocycles. The van der Waals surface area contributed by atoms with Crippen molar-refractivity contribution < 1.29 is 18.3 Å². The van der Waals surface area contributed by atoms with Gasteiger partial charge in [0.2, 0.25) is 0 Å². The van der Waals surface area contributed by atoms with Crippen molar-refractivity contribution >= 4 is 15.8 Å². The van der Waals surface area contributed by atoms with Gasteiger partial charge in [0, 0.05) is 25.2 Å². The molecule has 1 fully saturated rings. The second kappa shape index (κ2) is 8.26. The number of para-hydroxylation sites is 1. The third-order valence-electron chi connectivity index (χ3n) is 4.59. The molecule has 0 spiro atoms. The van der Waals surface area contributed by atoms with Gasteiger partial charge >= 0.3 is 0 Å². The Morgan fingerprint density at radius 3 is 2.73 bits per heavy atom. The van der Waals surface area contributed by atoms with Crippen LogP contribution < -0.4 is 10.1 Å². The van der Waals surface area contributed by atoms with Crippen molar-refractivity contribution in [3.8, 4) is 5.75 Å². The van der Waals surface area contributed by atoms with E-state index >= 15 is 0 Å². The van der Waals surface area contributed by atoms with E-state index in [0.29, 0.717) is 36.9 Å². The van der Waals surface area contributed by atoms with Gasteiger partial charge in [-0.15, -0.1) is 0 Å². The first-order valence-electron chi connectivity index (χ1n) is 8.78. The van der Waals surface area contributed by atoms with Crippen molar-refractivity contribution in [3.05, 3.63) is 29.8 Å². The molecule has 7 nitrogen and oxygen atoms in total. The second-order valence-corrected chi connectivity index (χ2v) is 9.70. The van der Waals surface area contributed by atoms with E-state index < -0.39 is 20.7 Å². The number of ether oxygens (including phenoxy) is 1. The number of nitrogens with zero attached hydrogens (tertiary/aromatic N) is 2. The van der Waals surface area contributed by atoms with Gasteiger partial charge in [-0.1, -0.05) is 18.2 Å². The molecule has 0 amide bonds. The third-order valence-corrected chi connectivity index (χ3v) is 7.12. The molecule has 2 rings (SSSR count). The molecule has 26 heavy (non-hydrogen) atoms. The summed E-state index contributed by atoms with van der Waals surface area (Å²) in [6, 6.07) is 7.29. The van der Waals surface area contributed by atoms with Crippen LogP contribution in [0.1, 0.15) is 32.4 Å². The van der Waals surface area contributed by atoms with Crippen LogP contribution in [0.25, 0.3) is 0 Å². The molecular formula is C18H29N3O4S. The van der Waals surface area contributed by atoms with Gasteiger partial charge in [-0.2, -0.15) is 0 Å². The van der Waals surface area contributed by atoms with E-state index in [0.717, 1.165) is 0 Å². The van der Waals surface area contributed by atoms with Crippen LogP contribution in [0.4, 0.5) is 0 Å². The number of hydrogen-bond acceptors (Lipinski definition) is 5. The first-order valence-corrected chi connectivity index (χ1v) is 10.4. The highest BCUT2D eigenvalue weighted by Gasteiger charge is 2.41. The summed E-state index contributed by atoms with van der Waals surface area (Å²) in [6.45, 7) is 7.01. The maximum atomic E-state index is 12.2. The number of aliphatic hydroxyl groups is 1. The largest absolute Gasteiger partial charge is 0.496 e. The zero-order valence-corrected chi connectivity index (χ0v) is 16.7. The van der Waals surface area contributed by atoms with Gasteiger partial charge in [0.15, 0.2) is 15.8 Å². The molecule has 1 aliphatic heterocycles. The maximum Gasteiger partial charge on any atom is 0.194 e. The first kappa shape index (κ1) is 20.5. The van der Waals surface area contributed by atoms with E-state index in [1.807, 2.05) is 30.0 Å². The lowest BCUT2D eigenvalue weighted by atomic mass is 10.1. The predicted molar refractivity (Wildman–Crippen MR) is 103 cm³/mol. The SMILES string of the molecule is CCNC(=NCC(O)c1ccccc1OC)N1CCS(=O)(=O)C(C)(C)C1. The maximum absolute atomic E-state index is 12.2. The Kier molecular flexibility index (Phi) is 6.52. The summed E-state index contributed by atoms with van der Waals surface area (Å²) in [6.07, 6.45) is -0.804. The topological polar surface area (TPSA) is 91.2 Å². The number of sulfone groups is 1. The van der Waals surface area contributed by atoms with Crippen molar-refractivity contribution in [3.63, 3.8) is 0 Å². The highest BCUT2D eigenvalue weighted by Crippen LogP contribution is 2.26. The summed E-state index contributed by atoms with van der Waals surface area (Å²) in [5, 5.41) is 13.7. The molecule has 0 radical (unpaired) electrons. The van der Waals surface area contributed by atoms with Crippen molar-refractivity contribution in [2.75, 3.05) is 39.0 Å². The molecule has 0 bridgehead atoms. The van der Waals surface area contributed by atoms with Crippen LogP contribution in [-0.2, 0) is 9.84 Å². The van der Waals surface area contributed by atoms with Crippen LogP contribution in [0.5, 0.6) is 5.75 Å². The van der Waals surface area contributed by atoms with E-state index in [2.05, 4.69) is 10.3 Å². The quantitative estimate of drug-likeness (QED) is 0.587. The number of benzene rings is 1. The van der Waals surface area contributed by atoms with Gasteiger partial charge in [0.25, 0.3) is 0 Å². The highest BCUT2D eigenvalue weighted by atomic mass is 32.2. The summed E-state index contributed by atoms with van der Waals surface area (Å²) in [5.74, 6) is 1.33. The van der Waals surface area contributed by atoms with E-state index in [9.17, 15) is 13.5 Å².